The summed E-state index contributed by atoms with van der Waals surface area (Å²) in [5.74, 6) is 0.519. The molecule has 5 rings (SSSR count). The van der Waals surface area contributed by atoms with Crippen LogP contribution in [0.2, 0.25) is 0 Å². The van der Waals surface area contributed by atoms with E-state index >= 15 is 0 Å². The normalized spacial score (nSPS) is 11.8. The van der Waals surface area contributed by atoms with Crippen molar-refractivity contribution in [2.75, 3.05) is 0 Å². The number of nitrogens with zero attached hydrogens (tertiary/aromatic N) is 5. The Morgan fingerprint density at radius 1 is 1.07 bits per heavy atom. The molecule has 0 saturated carbocycles. The van der Waals surface area contributed by atoms with E-state index < -0.39 is 11.9 Å². The number of unbranched alkanes of at least 4 members (excludes halogenated alkanes) is 1. The van der Waals surface area contributed by atoms with Gasteiger partial charge in [-0.2, -0.15) is 11.3 Å². The molecule has 1 atom stereocenters. The maximum Gasteiger partial charge on any atom is 0.271 e. The molecule has 0 saturated heterocycles. The maximum atomic E-state index is 13.3. The number of aryl methyl sites for hydroxylation is 1. The van der Waals surface area contributed by atoms with Crippen molar-refractivity contribution in [3.05, 3.63) is 94.2 Å². The summed E-state index contributed by atoms with van der Waals surface area (Å²) in [5, 5.41) is 30.2. The van der Waals surface area contributed by atoms with Gasteiger partial charge in [0.15, 0.2) is 5.82 Å². The number of nitrogens with one attached hydrogen (secondary N) is 3. The van der Waals surface area contributed by atoms with Gasteiger partial charge in [0, 0.05) is 37.2 Å². The van der Waals surface area contributed by atoms with Crippen molar-refractivity contribution < 1.29 is 14.8 Å². The number of thiophene rings is 1. The molecule has 0 unspecified atom stereocenters. The Kier molecular flexibility index (Phi) is 9.47. The number of aromatic nitrogens is 6. The van der Waals surface area contributed by atoms with Crippen molar-refractivity contribution in [2.24, 2.45) is 0 Å². The maximum absolute atomic E-state index is 13.3. The van der Waals surface area contributed by atoms with Gasteiger partial charge in [-0.3, -0.25) is 14.8 Å². The highest BCUT2D eigenvalue weighted by Gasteiger charge is 2.21. The number of hydrogen-bond acceptors (Lipinski definition) is 8. The number of aromatic amines is 1. The molecule has 2 amide bonds. The fraction of sp³-hybridized carbons (Fsp3) is 0.267. The molecule has 11 nitrogen and oxygen atoms in total. The average Bonchev–Trinajstić information content (AvgIpc) is 3.80. The lowest BCUT2D eigenvalue weighted by Gasteiger charge is -2.16. The fourth-order valence-electron chi connectivity index (χ4n) is 4.83. The zero-order chi connectivity index (χ0) is 29.3. The van der Waals surface area contributed by atoms with Gasteiger partial charge in [-0.05, 0) is 62.3 Å². The van der Waals surface area contributed by atoms with Gasteiger partial charge in [0.2, 0.25) is 5.91 Å². The number of benzene rings is 2. The van der Waals surface area contributed by atoms with Gasteiger partial charge < -0.3 is 9.88 Å². The molecule has 4 N–H and O–H groups in total. The second-order valence-corrected chi connectivity index (χ2v) is 10.8. The first-order valence-electron chi connectivity index (χ1n) is 13.8. The third kappa shape index (κ3) is 7.14. The number of H-pyrrole nitrogens is 1. The minimum Gasteiger partial charge on any atom is -0.347 e. The standard InChI is InChI=1S/C30H32N8O3S/c1-2-3-8-27-32-26(30(40)31-23(16-28(39)35-41)15-21-13-14-42-19-21)18-38(27)17-20-9-11-22(12-10-20)24-6-4-5-7-25(24)29-33-36-37-34-29/h4-7,9-14,18-19,23,41H,2-3,8,15-17H2,1H3,(H,31,40)(H,35,39)(H,33,34,36,37)/t23-/m1/s1. The summed E-state index contributed by atoms with van der Waals surface area (Å²) in [4.78, 5) is 29.9. The summed E-state index contributed by atoms with van der Waals surface area (Å²) in [6, 6.07) is 17.7. The largest absolute Gasteiger partial charge is 0.347 e. The van der Waals surface area contributed by atoms with Crippen LogP contribution >= 0.6 is 11.3 Å². The molecular formula is C30H32N8O3S. The molecule has 0 aliphatic carbocycles. The number of rotatable bonds is 13. The van der Waals surface area contributed by atoms with Crippen LogP contribution in [0.15, 0.2) is 71.6 Å². The van der Waals surface area contributed by atoms with E-state index in [2.05, 4.69) is 62.1 Å². The minimum absolute atomic E-state index is 0.0517. The molecule has 42 heavy (non-hydrogen) atoms. The first kappa shape index (κ1) is 28.8. The SMILES string of the molecule is CCCCc1nc(C(=O)N[C@@H](CC(=O)NO)Cc2ccsc2)cn1Cc1ccc(-c2ccccc2-c2nnn[nH]2)cc1. The van der Waals surface area contributed by atoms with Crippen molar-refractivity contribution in [2.45, 2.75) is 51.6 Å². The number of imidazole rings is 1. The second-order valence-electron chi connectivity index (χ2n) is 10.0. The van der Waals surface area contributed by atoms with E-state index in [1.54, 1.807) is 23.0 Å². The molecular weight excluding hydrogens is 552 g/mol. The summed E-state index contributed by atoms with van der Waals surface area (Å²) >= 11 is 1.55. The van der Waals surface area contributed by atoms with Crippen molar-refractivity contribution in [3.63, 3.8) is 0 Å². The highest BCUT2D eigenvalue weighted by Crippen LogP contribution is 2.30. The molecule has 0 radical (unpaired) electrons. The molecule has 3 heterocycles. The fourth-order valence-corrected chi connectivity index (χ4v) is 5.51. The molecule has 0 spiro atoms. The van der Waals surface area contributed by atoms with E-state index in [-0.39, 0.29) is 12.3 Å². The molecule has 0 bridgehead atoms. The van der Waals surface area contributed by atoms with Crippen molar-refractivity contribution in [3.8, 4) is 22.5 Å². The number of hydroxylamine groups is 1. The van der Waals surface area contributed by atoms with Crippen LogP contribution in [0.25, 0.3) is 22.5 Å². The van der Waals surface area contributed by atoms with Crippen LogP contribution in [0.1, 0.15) is 53.6 Å². The van der Waals surface area contributed by atoms with Gasteiger partial charge in [-0.25, -0.2) is 15.6 Å². The van der Waals surface area contributed by atoms with Gasteiger partial charge in [0.05, 0.1) is 0 Å². The van der Waals surface area contributed by atoms with E-state index in [9.17, 15) is 9.59 Å². The molecule has 5 aromatic rings. The van der Waals surface area contributed by atoms with Crippen molar-refractivity contribution in [1.29, 1.82) is 0 Å². The number of hydrogen-bond donors (Lipinski definition) is 4. The molecule has 0 fully saturated rings. The van der Waals surface area contributed by atoms with Gasteiger partial charge in [-0.15, -0.1) is 5.10 Å². The van der Waals surface area contributed by atoms with Gasteiger partial charge >= 0.3 is 0 Å². The third-order valence-corrected chi connectivity index (χ3v) is 7.68. The van der Waals surface area contributed by atoms with Crippen LogP contribution in [-0.2, 0) is 24.2 Å². The Hall–Kier alpha value is -4.68. The van der Waals surface area contributed by atoms with Crippen LogP contribution in [0.4, 0.5) is 0 Å². The zero-order valence-electron chi connectivity index (χ0n) is 23.2. The second kappa shape index (κ2) is 13.8. The molecule has 0 aliphatic rings. The number of carbonyl (C=O) groups excluding carboxylic acids is 2. The minimum atomic E-state index is -0.562. The topological polar surface area (TPSA) is 151 Å². The average molecular weight is 585 g/mol. The predicted molar refractivity (Wildman–Crippen MR) is 159 cm³/mol. The predicted octanol–water partition coefficient (Wildman–Crippen LogP) is 4.42. The highest BCUT2D eigenvalue weighted by molar-refractivity contribution is 7.07. The van der Waals surface area contributed by atoms with Crippen LogP contribution in [-0.4, -0.2) is 53.2 Å². The number of carbonyl (C=O) groups is 2. The van der Waals surface area contributed by atoms with Crippen molar-refractivity contribution >= 4 is 23.2 Å². The first-order valence-corrected chi connectivity index (χ1v) is 14.7. The number of tetrazole rings is 1. The van der Waals surface area contributed by atoms with Gasteiger partial charge in [0.1, 0.15) is 11.5 Å². The number of amides is 2. The third-order valence-electron chi connectivity index (χ3n) is 6.95. The van der Waals surface area contributed by atoms with Gasteiger partial charge in [0.25, 0.3) is 5.91 Å². The Bertz CT molecular complexity index is 1600. The monoisotopic (exact) mass is 584 g/mol. The van der Waals surface area contributed by atoms with Crippen molar-refractivity contribution in [1.82, 2.24) is 41.0 Å². The van der Waals surface area contributed by atoms with Crippen LogP contribution in [0, 0.1) is 0 Å². The molecule has 2 aromatic carbocycles. The summed E-state index contributed by atoms with van der Waals surface area (Å²) in [6.07, 6.45) is 4.88. The Labute approximate surface area is 247 Å². The van der Waals surface area contributed by atoms with E-state index in [4.69, 9.17) is 5.21 Å². The van der Waals surface area contributed by atoms with E-state index in [0.29, 0.717) is 24.5 Å². The lowest BCUT2D eigenvalue weighted by atomic mass is 9.98. The van der Waals surface area contributed by atoms with E-state index in [1.807, 2.05) is 45.7 Å². The lowest BCUT2D eigenvalue weighted by Crippen LogP contribution is -2.40. The quantitative estimate of drug-likeness (QED) is 0.118. The van der Waals surface area contributed by atoms with Crippen LogP contribution < -0.4 is 10.8 Å². The Morgan fingerprint density at radius 2 is 1.88 bits per heavy atom. The lowest BCUT2D eigenvalue weighted by molar-refractivity contribution is -0.129. The Balaban J connectivity index is 1.34. The van der Waals surface area contributed by atoms with Gasteiger partial charge in [-0.1, -0.05) is 61.9 Å². The molecule has 216 valence electrons. The van der Waals surface area contributed by atoms with E-state index in [0.717, 1.165) is 52.9 Å². The smallest absolute Gasteiger partial charge is 0.271 e. The summed E-state index contributed by atoms with van der Waals surface area (Å²) in [5.41, 5.74) is 6.99. The summed E-state index contributed by atoms with van der Waals surface area (Å²) < 4.78 is 2.02. The first-order chi connectivity index (χ1) is 20.5. The van der Waals surface area contributed by atoms with E-state index in [1.165, 1.54) is 0 Å². The summed E-state index contributed by atoms with van der Waals surface area (Å²) in [6.45, 7) is 2.67. The summed E-state index contributed by atoms with van der Waals surface area (Å²) in [7, 11) is 0. The van der Waals surface area contributed by atoms with Crippen LogP contribution in [0.3, 0.4) is 0 Å². The zero-order valence-corrected chi connectivity index (χ0v) is 24.0. The molecule has 3 aromatic heterocycles. The Morgan fingerprint density at radius 3 is 2.57 bits per heavy atom. The van der Waals surface area contributed by atoms with Crippen LogP contribution in [0.5, 0.6) is 0 Å². The molecule has 12 heteroatoms. The highest BCUT2D eigenvalue weighted by atomic mass is 32.1. The molecule has 0 aliphatic heterocycles.